The molecule has 2 aliphatic carbocycles. The van der Waals surface area contributed by atoms with Gasteiger partial charge in [0.25, 0.3) is 0 Å². The second-order valence-electron chi connectivity index (χ2n) is 6.85. The van der Waals surface area contributed by atoms with Gasteiger partial charge in [-0.1, -0.05) is 25.7 Å². The van der Waals surface area contributed by atoms with Gasteiger partial charge in [0, 0.05) is 23.9 Å². The molecular weight excluding hydrogens is 250 g/mol. The van der Waals surface area contributed by atoms with Crippen LogP contribution in [0, 0.1) is 5.41 Å². The van der Waals surface area contributed by atoms with Crippen LogP contribution in [-0.2, 0) is 0 Å². The van der Waals surface area contributed by atoms with Gasteiger partial charge in [-0.2, -0.15) is 5.10 Å². The van der Waals surface area contributed by atoms with Crippen molar-refractivity contribution < 1.29 is 4.74 Å². The number of hydrogen-bond donors (Lipinski definition) is 1. The van der Waals surface area contributed by atoms with E-state index in [0.717, 1.165) is 12.2 Å². The van der Waals surface area contributed by atoms with Crippen LogP contribution in [0.2, 0.25) is 0 Å². The summed E-state index contributed by atoms with van der Waals surface area (Å²) in [4.78, 5) is 0. The summed E-state index contributed by atoms with van der Waals surface area (Å²) in [6.07, 6.45) is 12.9. The zero-order valence-corrected chi connectivity index (χ0v) is 12.7. The highest BCUT2D eigenvalue weighted by molar-refractivity contribution is 5.17. The zero-order valence-electron chi connectivity index (χ0n) is 12.7. The van der Waals surface area contributed by atoms with Gasteiger partial charge >= 0.3 is 0 Å². The van der Waals surface area contributed by atoms with Crippen molar-refractivity contribution in [1.29, 1.82) is 0 Å². The molecule has 1 aromatic heterocycles. The maximum Gasteiger partial charge on any atom is 0.157 e. The first-order valence-corrected chi connectivity index (χ1v) is 8.08. The van der Waals surface area contributed by atoms with Crippen molar-refractivity contribution in [3.05, 3.63) is 12.4 Å². The van der Waals surface area contributed by atoms with E-state index in [-0.39, 0.29) is 5.41 Å². The van der Waals surface area contributed by atoms with Gasteiger partial charge in [0.2, 0.25) is 0 Å². The van der Waals surface area contributed by atoms with Crippen LogP contribution in [0.5, 0.6) is 5.75 Å². The molecule has 2 aliphatic rings. The van der Waals surface area contributed by atoms with Gasteiger partial charge < -0.3 is 10.5 Å². The van der Waals surface area contributed by atoms with Crippen LogP contribution in [-0.4, -0.2) is 21.9 Å². The third-order valence-corrected chi connectivity index (χ3v) is 5.27. The predicted molar refractivity (Wildman–Crippen MR) is 79.8 cm³/mol. The standard InChI is InChI=1S/C16H27N3O/c1-12(2)19-11-13(10-18-19)20-15-9-14(17)16(15)7-5-3-4-6-8-16/h10-12,14-15H,3-9,17H2,1-2H3. The summed E-state index contributed by atoms with van der Waals surface area (Å²) in [5, 5.41) is 4.36. The van der Waals surface area contributed by atoms with Gasteiger partial charge in [0.1, 0.15) is 6.10 Å². The molecule has 0 aliphatic heterocycles. The Morgan fingerprint density at radius 2 is 2.00 bits per heavy atom. The van der Waals surface area contributed by atoms with E-state index in [0.29, 0.717) is 18.2 Å². The third-order valence-electron chi connectivity index (χ3n) is 5.27. The zero-order chi connectivity index (χ0) is 14.2. The Hall–Kier alpha value is -1.03. The smallest absolute Gasteiger partial charge is 0.157 e. The van der Waals surface area contributed by atoms with E-state index < -0.39 is 0 Å². The Morgan fingerprint density at radius 1 is 1.30 bits per heavy atom. The molecule has 2 N–H and O–H groups in total. The Bertz CT molecular complexity index is 446. The molecule has 3 rings (SSSR count). The summed E-state index contributed by atoms with van der Waals surface area (Å²) in [5.41, 5.74) is 6.59. The van der Waals surface area contributed by atoms with Gasteiger partial charge in [0.05, 0.1) is 12.4 Å². The molecule has 112 valence electrons. The van der Waals surface area contributed by atoms with Gasteiger partial charge in [-0.05, 0) is 26.7 Å². The molecule has 0 amide bonds. The minimum absolute atomic E-state index is 0.233. The monoisotopic (exact) mass is 277 g/mol. The van der Waals surface area contributed by atoms with Crippen LogP contribution in [0.1, 0.15) is 64.8 Å². The SMILES string of the molecule is CC(C)n1cc(OC2CC(N)C23CCCCCC3)cn1. The van der Waals surface area contributed by atoms with E-state index in [9.17, 15) is 0 Å². The molecule has 4 heteroatoms. The number of rotatable bonds is 3. The Morgan fingerprint density at radius 3 is 2.55 bits per heavy atom. The normalized spacial score (nSPS) is 29.2. The molecule has 2 fully saturated rings. The number of nitrogens with two attached hydrogens (primary N) is 1. The maximum absolute atomic E-state index is 6.35. The molecule has 1 aromatic rings. The quantitative estimate of drug-likeness (QED) is 0.922. The predicted octanol–water partition coefficient (Wildman–Crippen LogP) is 3.28. The van der Waals surface area contributed by atoms with Crippen molar-refractivity contribution in [2.75, 3.05) is 0 Å². The first-order valence-electron chi connectivity index (χ1n) is 8.08. The van der Waals surface area contributed by atoms with Gasteiger partial charge in [-0.25, -0.2) is 0 Å². The highest BCUT2D eigenvalue weighted by Crippen LogP contribution is 2.51. The molecule has 2 atom stereocenters. The minimum atomic E-state index is 0.233. The largest absolute Gasteiger partial charge is 0.486 e. The van der Waals surface area contributed by atoms with E-state index in [2.05, 4.69) is 18.9 Å². The fourth-order valence-electron chi connectivity index (χ4n) is 3.85. The van der Waals surface area contributed by atoms with Crippen LogP contribution in [0.25, 0.3) is 0 Å². The number of hydrogen-bond acceptors (Lipinski definition) is 3. The van der Waals surface area contributed by atoms with Crippen molar-refractivity contribution in [2.45, 2.75) is 77.0 Å². The highest BCUT2D eigenvalue weighted by Gasteiger charge is 2.54. The first kappa shape index (κ1) is 13.9. The van der Waals surface area contributed by atoms with Crippen LogP contribution >= 0.6 is 0 Å². The van der Waals surface area contributed by atoms with E-state index >= 15 is 0 Å². The molecule has 1 heterocycles. The first-order chi connectivity index (χ1) is 9.62. The molecule has 4 nitrogen and oxygen atoms in total. The van der Waals surface area contributed by atoms with Gasteiger partial charge in [0.15, 0.2) is 5.75 Å². The van der Waals surface area contributed by atoms with Crippen LogP contribution in [0.3, 0.4) is 0 Å². The second-order valence-corrected chi connectivity index (χ2v) is 6.85. The van der Waals surface area contributed by atoms with E-state index in [1.165, 1.54) is 38.5 Å². The molecule has 1 spiro atoms. The van der Waals surface area contributed by atoms with Gasteiger partial charge in [-0.3, -0.25) is 4.68 Å². The molecule has 2 unspecified atom stereocenters. The van der Waals surface area contributed by atoms with Crippen molar-refractivity contribution in [1.82, 2.24) is 9.78 Å². The van der Waals surface area contributed by atoms with Gasteiger partial charge in [-0.15, -0.1) is 0 Å². The highest BCUT2D eigenvalue weighted by atomic mass is 16.5. The molecule has 0 aromatic carbocycles. The molecule has 0 radical (unpaired) electrons. The van der Waals surface area contributed by atoms with Crippen molar-refractivity contribution in [2.24, 2.45) is 11.1 Å². The lowest BCUT2D eigenvalue weighted by Gasteiger charge is -2.54. The Labute approximate surface area is 121 Å². The van der Waals surface area contributed by atoms with Crippen LogP contribution in [0.15, 0.2) is 12.4 Å². The summed E-state index contributed by atoms with van der Waals surface area (Å²) in [5.74, 6) is 0.902. The molecule has 20 heavy (non-hydrogen) atoms. The summed E-state index contributed by atoms with van der Waals surface area (Å²) < 4.78 is 8.19. The lowest BCUT2D eigenvalue weighted by atomic mass is 9.58. The summed E-state index contributed by atoms with van der Waals surface area (Å²) in [6, 6.07) is 0.702. The fraction of sp³-hybridized carbons (Fsp3) is 0.812. The Kier molecular flexibility index (Phi) is 3.76. The lowest BCUT2D eigenvalue weighted by molar-refractivity contribution is -0.0770. The lowest BCUT2D eigenvalue weighted by Crippen LogP contribution is -2.63. The van der Waals surface area contributed by atoms with Crippen LogP contribution in [0.4, 0.5) is 0 Å². The summed E-state index contributed by atoms with van der Waals surface area (Å²) in [7, 11) is 0. The molecule has 2 saturated carbocycles. The van der Waals surface area contributed by atoms with E-state index in [4.69, 9.17) is 10.5 Å². The van der Waals surface area contributed by atoms with E-state index in [1.54, 1.807) is 0 Å². The van der Waals surface area contributed by atoms with Crippen molar-refractivity contribution >= 4 is 0 Å². The summed E-state index contributed by atoms with van der Waals surface area (Å²) >= 11 is 0. The average Bonchev–Trinajstić information content (AvgIpc) is 2.73. The number of aromatic nitrogens is 2. The third kappa shape index (κ3) is 2.34. The second kappa shape index (κ2) is 5.40. The van der Waals surface area contributed by atoms with Crippen LogP contribution < -0.4 is 10.5 Å². The maximum atomic E-state index is 6.35. The topological polar surface area (TPSA) is 53.1 Å². The molecule has 0 bridgehead atoms. The van der Waals surface area contributed by atoms with Crippen molar-refractivity contribution in [3.63, 3.8) is 0 Å². The Balaban J connectivity index is 1.70. The van der Waals surface area contributed by atoms with E-state index in [1.807, 2.05) is 17.1 Å². The number of nitrogens with zero attached hydrogens (tertiary/aromatic N) is 2. The fourth-order valence-corrected chi connectivity index (χ4v) is 3.85. The molecular formula is C16H27N3O. The summed E-state index contributed by atoms with van der Waals surface area (Å²) in [6.45, 7) is 4.26. The molecule has 0 saturated heterocycles. The number of ether oxygens (including phenoxy) is 1. The minimum Gasteiger partial charge on any atom is -0.486 e. The van der Waals surface area contributed by atoms with Crippen molar-refractivity contribution in [3.8, 4) is 5.75 Å². The average molecular weight is 277 g/mol.